The molecule has 2 fully saturated rings. The Balaban J connectivity index is 2.22. The lowest BCUT2D eigenvalue weighted by molar-refractivity contribution is -0.142. The van der Waals surface area contributed by atoms with Crippen LogP contribution in [-0.2, 0) is 14.4 Å². The van der Waals surface area contributed by atoms with Gasteiger partial charge in [0, 0.05) is 26.2 Å². The highest BCUT2D eigenvalue weighted by molar-refractivity contribution is 7.80. The number of thiocarbonyl (C=S) groups is 2. The summed E-state index contributed by atoms with van der Waals surface area (Å²) in [4.78, 5) is 48.9. The summed E-state index contributed by atoms with van der Waals surface area (Å²) in [6, 6.07) is 0. The van der Waals surface area contributed by atoms with Gasteiger partial charge in [-0.2, -0.15) is 0 Å². The summed E-state index contributed by atoms with van der Waals surface area (Å²) in [5.41, 5.74) is 0.0591. The molecule has 0 saturated carbocycles. The SMILES string of the molecule is CCCCCCCCCCN1C(=O)C(=C/C=C/[C@H]2C(=O)N(CCCCCCCCCC)C(=S)N(CCCCCCCCCC)[C@H]2O)C(=O)N(CCCCCCCCCC)C1=S. The summed E-state index contributed by atoms with van der Waals surface area (Å²) in [7, 11) is 0. The maximum absolute atomic E-state index is 14.1. The van der Waals surface area contributed by atoms with Crippen LogP contribution in [0.25, 0.3) is 0 Å². The van der Waals surface area contributed by atoms with Gasteiger partial charge < -0.3 is 10.0 Å². The number of aliphatic hydroxyl groups is 1. The number of unbranched alkanes of at least 4 members (excludes halogenated alkanes) is 28. The molecule has 0 aliphatic carbocycles. The van der Waals surface area contributed by atoms with Crippen LogP contribution < -0.4 is 0 Å². The summed E-state index contributed by atoms with van der Waals surface area (Å²) in [6.45, 7) is 11.0. The van der Waals surface area contributed by atoms with Crippen molar-refractivity contribution in [1.82, 2.24) is 19.6 Å². The van der Waals surface area contributed by atoms with Gasteiger partial charge in [-0.3, -0.25) is 29.1 Å². The maximum Gasteiger partial charge on any atom is 0.265 e. The Kier molecular flexibility index (Phi) is 31.7. The number of aliphatic hydroxyl groups excluding tert-OH is 1. The van der Waals surface area contributed by atoms with Gasteiger partial charge in [0.2, 0.25) is 5.91 Å². The lowest BCUT2D eigenvalue weighted by atomic mass is 9.99. The molecule has 10 heteroatoms. The first-order chi connectivity index (χ1) is 29.7. The summed E-state index contributed by atoms with van der Waals surface area (Å²) >= 11 is 11.8. The number of carbonyl (C=O) groups excluding carboxylic acids is 3. The standard InChI is InChI=1S/C51H90N4O4S2/c1-5-9-13-17-21-25-29-33-40-52-46(56)44(47(57)53(50(52)60)41-34-30-26-22-18-14-10-6-2)38-37-39-45-48(58)54(42-35-31-27-23-19-15-11-7-3)51(61)55(49(45)59)43-36-32-28-24-20-16-12-8-4/h37-39,44,46,56H,5-36,40-43H2,1-4H3/b38-37+/t44-,46+/m1/s1. The molecule has 2 heterocycles. The highest BCUT2D eigenvalue weighted by Crippen LogP contribution is 2.26. The third kappa shape index (κ3) is 21.4. The minimum Gasteiger partial charge on any atom is -0.372 e. The second kappa shape index (κ2) is 35.2. The number of hydrogen-bond donors (Lipinski definition) is 1. The zero-order chi connectivity index (χ0) is 44.5. The molecule has 350 valence electrons. The number of rotatable bonds is 38. The van der Waals surface area contributed by atoms with E-state index >= 15 is 0 Å². The molecule has 2 atom stereocenters. The second-order valence-electron chi connectivity index (χ2n) is 18.0. The van der Waals surface area contributed by atoms with Crippen LogP contribution in [0.15, 0.2) is 23.8 Å². The van der Waals surface area contributed by atoms with Crippen LogP contribution in [0.1, 0.15) is 233 Å². The Morgan fingerprint density at radius 3 is 1.11 bits per heavy atom. The van der Waals surface area contributed by atoms with Crippen molar-refractivity contribution in [1.29, 1.82) is 0 Å². The molecule has 0 aromatic rings. The Labute approximate surface area is 385 Å². The molecule has 0 unspecified atom stereocenters. The van der Waals surface area contributed by atoms with Crippen LogP contribution in [0, 0.1) is 5.92 Å². The van der Waals surface area contributed by atoms with Gasteiger partial charge in [0.05, 0.1) is 0 Å². The molecule has 3 amide bonds. The highest BCUT2D eigenvalue weighted by atomic mass is 32.1. The van der Waals surface area contributed by atoms with E-state index in [9.17, 15) is 19.5 Å². The first-order valence-corrected chi connectivity index (χ1v) is 26.4. The van der Waals surface area contributed by atoms with Crippen molar-refractivity contribution in [3.63, 3.8) is 0 Å². The van der Waals surface area contributed by atoms with Gasteiger partial charge in [-0.25, -0.2) is 0 Å². The number of amides is 3. The van der Waals surface area contributed by atoms with Crippen molar-refractivity contribution >= 4 is 52.4 Å². The fourth-order valence-corrected chi connectivity index (χ4v) is 9.35. The Bertz CT molecular complexity index is 1260. The summed E-state index contributed by atoms with van der Waals surface area (Å²) in [5.74, 6) is -1.85. The van der Waals surface area contributed by atoms with Crippen molar-refractivity contribution in [3.05, 3.63) is 23.8 Å². The van der Waals surface area contributed by atoms with E-state index in [2.05, 4.69) is 27.7 Å². The molecule has 0 aromatic heterocycles. The minimum absolute atomic E-state index is 0.0591. The van der Waals surface area contributed by atoms with E-state index in [-0.39, 0.29) is 23.3 Å². The minimum atomic E-state index is -1.11. The van der Waals surface area contributed by atoms with Gasteiger partial charge in [-0.05, 0) is 56.2 Å². The molecule has 0 bridgehead atoms. The van der Waals surface area contributed by atoms with Gasteiger partial charge in [-0.15, -0.1) is 0 Å². The Morgan fingerprint density at radius 1 is 0.443 bits per heavy atom. The third-order valence-corrected chi connectivity index (χ3v) is 13.5. The number of carbonyl (C=O) groups is 3. The van der Waals surface area contributed by atoms with E-state index in [0.717, 1.165) is 77.0 Å². The van der Waals surface area contributed by atoms with Crippen LogP contribution in [0.3, 0.4) is 0 Å². The molecular formula is C51H90N4O4S2. The normalized spacial score (nSPS) is 17.6. The fraction of sp³-hybridized carbons (Fsp3) is 0.824. The molecular weight excluding hydrogens is 797 g/mol. The number of nitrogens with zero attached hydrogens (tertiary/aromatic N) is 4. The van der Waals surface area contributed by atoms with Crippen LogP contribution >= 0.6 is 24.4 Å². The number of hydrogen-bond acceptors (Lipinski definition) is 6. The Hall–Kier alpha value is -2.17. The van der Waals surface area contributed by atoms with Gasteiger partial charge >= 0.3 is 0 Å². The van der Waals surface area contributed by atoms with Crippen molar-refractivity contribution in [2.75, 3.05) is 26.2 Å². The molecule has 0 radical (unpaired) electrons. The monoisotopic (exact) mass is 887 g/mol. The van der Waals surface area contributed by atoms with Gasteiger partial charge in [0.1, 0.15) is 17.7 Å². The molecule has 2 rings (SSSR count). The lowest BCUT2D eigenvalue weighted by Crippen LogP contribution is -2.61. The second-order valence-corrected chi connectivity index (χ2v) is 18.7. The first-order valence-electron chi connectivity index (χ1n) is 25.6. The van der Waals surface area contributed by atoms with E-state index in [1.54, 1.807) is 32.9 Å². The summed E-state index contributed by atoms with van der Waals surface area (Å²) in [5, 5.41) is 12.4. The highest BCUT2D eigenvalue weighted by Gasteiger charge is 2.42. The smallest absolute Gasteiger partial charge is 0.265 e. The zero-order valence-corrected chi connectivity index (χ0v) is 41.3. The topological polar surface area (TPSA) is 84.4 Å². The Morgan fingerprint density at radius 2 is 0.754 bits per heavy atom. The van der Waals surface area contributed by atoms with Crippen molar-refractivity contribution in [3.8, 4) is 0 Å². The quantitative estimate of drug-likeness (QED) is 0.0286. The van der Waals surface area contributed by atoms with Crippen LogP contribution in [0.5, 0.6) is 0 Å². The van der Waals surface area contributed by atoms with E-state index in [1.807, 2.05) is 4.90 Å². The molecule has 1 N–H and O–H groups in total. The predicted molar refractivity (Wildman–Crippen MR) is 264 cm³/mol. The van der Waals surface area contributed by atoms with Crippen LogP contribution in [0.2, 0.25) is 0 Å². The average molecular weight is 887 g/mol. The molecule has 0 aromatic carbocycles. The molecule has 0 spiro atoms. The third-order valence-electron chi connectivity index (χ3n) is 12.6. The maximum atomic E-state index is 14.1. The molecule has 2 saturated heterocycles. The fourth-order valence-electron chi connectivity index (χ4n) is 8.62. The predicted octanol–water partition coefficient (Wildman–Crippen LogP) is 13.4. The largest absolute Gasteiger partial charge is 0.372 e. The first kappa shape index (κ1) is 55.0. The average Bonchev–Trinajstić information content (AvgIpc) is 3.25. The molecule has 8 nitrogen and oxygen atoms in total. The molecule has 2 aliphatic heterocycles. The molecule has 2 aliphatic rings. The van der Waals surface area contributed by atoms with Crippen molar-refractivity contribution in [2.24, 2.45) is 5.92 Å². The summed E-state index contributed by atoms with van der Waals surface area (Å²) in [6.07, 6.45) is 40.7. The van der Waals surface area contributed by atoms with Gasteiger partial charge in [0.25, 0.3) is 11.8 Å². The van der Waals surface area contributed by atoms with Crippen LogP contribution in [-0.4, -0.2) is 85.1 Å². The zero-order valence-electron chi connectivity index (χ0n) is 39.6. The van der Waals surface area contributed by atoms with E-state index in [1.165, 1.54) is 128 Å². The van der Waals surface area contributed by atoms with E-state index < -0.39 is 12.1 Å². The number of allylic oxidation sites excluding steroid dienone is 2. The van der Waals surface area contributed by atoms with E-state index in [4.69, 9.17) is 24.4 Å². The van der Waals surface area contributed by atoms with Crippen molar-refractivity contribution < 1.29 is 19.5 Å². The van der Waals surface area contributed by atoms with Gasteiger partial charge in [0.15, 0.2) is 10.2 Å². The van der Waals surface area contributed by atoms with Crippen molar-refractivity contribution in [2.45, 2.75) is 239 Å². The molecule has 61 heavy (non-hydrogen) atoms. The summed E-state index contributed by atoms with van der Waals surface area (Å²) < 4.78 is 0. The van der Waals surface area contributed by atoms with Crippen LogP contribution in [0.4, 0.5) is 0 Å². The van der Waals surface area contributed by atoms with Gasteiger partial charge in [-0.1, -0.05) is 220 Å². The van der Waals surface area contributed by atoms with E-state index in [0.29, 0.717) is 36.4 Å². The lowest BCUT2D eigenvalue weighted by Gasteiger charge is -2.44.